The molecule has 2 saturated heterocycles. The van der Waals surface area contributed by atoms with Gasteiger partial charge in [-0.3, -0.25) is 9.69 Å². The minimum absolute atomic E-state index is 0.291. The molecule has 0 spiro atoms. The molecule has 1 aromatic heterocycles. The number of hydrogen-bond donors (Lipinski definition) is 1. The number of hydrogen-bond acceptors (Lipinski definition) is 5. The van der Waals surface area contributed by atoms with Crippen molar-refractivity contribution in [2.45, 2.75) is 44.4 Å². The predicted octanol–water partition coefficient (Wildman–Crippen LogP) is 1.24. The summed E-state index contributed by atoms with van der Waals surface area (Å²) >= 11 is 0. The molecule has 3 heterocycles. The van der Waals surface area contributed by atoms with E-state index in [0.717, 1.165) is 44.7 Å². The fourth-order valence-corrected chi connectivity index (χ4v) is 3.55. The van der Waals surface area contributed by atoms with E-state index < -0.39 is 6.10 Å². The SMILES string of the molecule is O=C1CCCN1C1CCCN(CC(O)COCc2ccco2)C1. The van der Waals surface area contributed by atoms with Crippen LogP contribution in [0.1, 0.15) is 31.4 Å². The zero-order valence-electron chi connectivity index (χ0n) is 13.5. The van der Waals surface area contributed by atoms with Crippen molar-refractivity contribution in [3.05, 3.63) is 24.2 Å². The van der Waals surface area contributed by atoms with E-state index in [4.69, 9.17) is 9.15 Å². The lowest BCUT2D eigenvalue weighted by molar-refractivity contribution is -0.130. The van der Waals surface area contributed by atoms with Gasteiger partial charge in [-0.2, -0.15) is 0 Å². The highest BCUT2D eigenvalue weighted by Crippen LogP contribution is 2.21. The number of carbonyl (C=O) groups excluding carboxylic acids is 1. The third kappa shape index (κ3) is 4.56. The number of carbonyl (C=O) groups is 1. The summed E-state index contributed by atoms with van der Waals surface area (Å²) in [7, 11) is 0. The lowest BCUT2D eigenvalue weighted by Crippen LogP contribution is -2.50. The summed E-state index contributed by atoms with van der Waals surface area (Å²) < 4.78 is 10.7. The van der Waals surface area contributed by atoms with Crippen LogP contribution < -0.4 is 0 Å². The van der Waals surface area contributed by atoms with Crippen LogP contribution in [0.5, 0.6) is 0 Å². The summed E-state index contributed by atoms with van der Waals surface area (Å²) in [6.45, 7) is 4.01. The maximum atomic E-state index is 11.9. The molecule has 0 saturated carbocycles. The fraction of sp³-hybridized carbons (Fsp3) is 0.706. The summed E-state index contributed by atoms with van der Waals surface area (Å²) in [6, 6.07) is 3.99. The molecule has 1 amide bonds. The van der Waals surface area contributed by atoms with Gasteiger partial charge in [0, 0.05) is 32.1 Å². The molecule has 23 heavy (non-hydrogen) atoms. The first kappa shape index (κ1) is 16.5. The van der Waals surface area contributed by atoms with Gasteiger partial charge in [0.2, 0.25) is 5.91 Å². The van der Waals surface area contributed by atoms with Crippen LogP contribution in [0.15, 0.2) is 22.8 Å². The molecule has 0 radical (unpaired) electrons. The molecule has 0 aromatic carbocycles. The first-order valence-electron chi connectivity index (χ1n) is 8.52. The Morgan fingerprint density at radius 2 is 2.30 bits per heavy atom. The van der Waals surface area contributed by atoms with Crippen LogP contribution in [-0.4, -0.2) is 65.7 Å². The Labute approximate surface area is 137 Å². The molecular formula is C17H26N2O4. The maximum absolute atomic E-state index is 11.9. The minimum Gasteiger partial charge on any atom is -0.467 e. The van der Waals surface area contributed by atoms with Gasteiger partial charge in [-0.05, 0) is 37.9 Å². The van der Waals surface area contributed by atoms with Gasteiger partial charge in [-0.15, -0.1) is 0 Å². The average Bonchev–Trinajstić information content (AvgIpc) is 3.19. The third-order valence-corrected chi connectivity index (χ3v) is 4.64. The number of rotatable bonds is 7. The molecule has 2 atom stereocenters. The van der Waals surface area contributed by atoms with Crippen LogP contribution in [0.2, 0.25) is 0 Å². The van der Waals surface area contributed by atoms with Crippen LogP contribution in [0.3, 0.4) is 0 Å². The Morgan fingerprint density at radius 3 is 3.04 bits per heavy atom. The van der Waals surface area contributed by atoms with E-state index in [1.807, 2.05) is 17.0 Å². The number of ether oxygens (including phenoxy) is 1. The van der Waals surface area contributed by atoms with Crippen LogP contribution in [0.4, 0.5) is 0 Å². The largest absolute Gasteiger partial charge is 0.467 e. The molecule has 2 aliphatic rings. The van der Waals surface area contributed by atoms with Crippen molar-refractivity contribution in [1.29, 1.82) is 0 Å². The predicted molar refractivity (Wildman–Crippen MR) is 84.8 cm³/mol. The highest BCUT2D eigenvalue weighted by molar-refractivity contribution is 5.78. The lowest BCUT2D eigenvalue weighted by atomic mass is 10.0. The summed E-state index contributed by atoms with van der Waals surface area (Å²) in [4.78, 5) is 16.2. The van der Waals surface area contributed by atoms with E-state index >= 15 is 0 Å². The van der Waals surface area contributed by atoms with Crippen LogP contribution in [0.25, 0.3) is 0 Å². The van der Waals surface area contributed by atoms with Crippen molar-refractivity contribution in [2.24, 2.45) is 0 Å². The van der Waals surface area contributed by atoms with Crippen LogP contribution in [-0.2, 0) is 16.1 Å². The summed E-state index contributed by atoms with van der Waals surface area (Å²) in [5.74, 6) is 1.06. The normalized spacial score (nSPS) is 24.3. The van der Waals surface area contributed by atoms with Gasteiger partial charge in [-0.1, -0.05) is 0 Å². The van der Waals surface area contributed by atoms with Crippen molar-refractivity contribution in [1.82, 2.24) is 9.80 Å². The zero-order valence-corrected chi connectivity index (χ0v) is 13.5. The number of amides is 1. The van der Waals surface area contributed by atoms with Gasteiger partial charge >= 0.3 is 0 Å². The summed E-state index contributed by atoms with van der Waals surface area (Å²) in [5.41, 5.74) is 0. The smallest absolute Gasteiger partial charge is 0.222 e. The van der Waals surface area contributed by atoms with Gasteiger partial charge < -0.3 is 19.2 Å². The van der Waals surface area contributed by atoms with Crippen molar-refractivity contribution in [2.75, 3.05) is 32.8 Å². The Bertz CT molecular complexity index is 491. The molecule has 128 valence electrons. The Kier molecular flexibility index (Phi) is 5.70. The molecule has 1 N–H and O–H groups in total. The average molecular weight is 322 g/mol. The molecule has 0 aliphatic carbocycles. The van der Waals surface area contributed by atoms with Gasteiger partial charge in [-0.25, -0.2) is 0 Å². The maximum Gasteiger partial charge on any atom is 0.222 e. The highest BCUT2D eigenvalue weighted by Gasteiger charge is 2.31. The van der Waals surface area contributed by atoms with Crippen LogP contribution in [0, 0.1) is 0 Å². The van der Waals surface area contributed by atoms with Crippen molar-refractivity contribution in [3.63, 3.8) is 0 Å². The molecule has 1 aromatic rings. The molecule has 2 unspecified atom stereocenters. The number of likely N-dealkylation sites (tertiary alicyclic amines) is 2. The quantitative estimate of drug-likeness (QED) is 0.818. The number of piperidine rings is 1. The number of nitrogens with zero attached hydrogens (tertiary/aromatic N) is 2. The Balaban J connectivity index is 1.39. The molecular weight excluding hydrogens is 296 g/mol. The van der Waals surface area contributed by atoms with E-state index in [0.29, 0.717) is 38.1 Å². The first-order valence-corrected chi connectivity index (χ1v) is 8.52. The van der Waals surface area contributed by atoms with Gasteiger partial charge in [0.1, 0.15) is 12.4 Å². The Hall–Kier alpha value is -1.37. The van der Waals surface area contributed by atoms with E-state index in [2.05, 4.69) is 4.90 Å². The second kappa shape index (κ2) is 7.95. The fourth-order valence-electron chi connectivity index (χ4n) is 3.55. The topological polar surface area (TPSA) is 66.2 Å². The molecule has 2 aliphatic heterocycles. The zero-order chi connectivity index (χ0) is 16.1. The summed E-state index contributed by atoms with van der Waals surface area (Å²) in [6.07, 6.45) is 4.93. The molecule has 2 fully saturated rings. The van der Waals surface area contributed by atoms with E-state index in [-0.39, 0.29) is 0 Å². The van der Waals surface area contributed by atoms with Gasteiger partial charge in [0.05, 0.1) is 19.0 Å². The first-order chi connectivity index (χ1) is 11.2. The van der Waals surface area contributed by atoms with Crippen molar-refractivity contribution < 1.29 is 19.1 Å². The monoisotopic (exact) mass is 322 g/mol. The van der Waals surface area contributed by atoms with E-state index in [1.54, 1.807) is 6.26 Å². The lowest BCUT2D eigenvalue weighted by Gasteiger charge is -2.38. The molecule has 6 heteroatoms. The standard InChI is InChI=1S/C17H26N2O4/c20-15(12-22-13-16-5-3-9-23-16)11-18-7-1-4-14(10-18)19-8-2-6-17(19)21/h3,5,9,14-15,20H,1-2,4,6-8,10-13H2. The van der Waals surface area contributed by atoms with Gasteiger partial charge in [0.25, 0.3) is 0 Å². The third-order valence-electron chi connectivity index (χ3n) is 4.64. The molecule has 3 rings (SSSR count). The summed E-state index contributed by atoms with van der Waals surface area (Å²) in [5, 5.41) is 10.2. The number of β-amino-alcohol motifs (C(OH)–C–C–N with tert-alkyl or cyclic N) is 1. The second-order valence-electron chi connectivity index (χ2n) is 6.49. The van der Waals surface area contributed by atoms with E-state index in [9.17, 15) is 9.90 Å². The minimum atomic E-state index is -0.516. The van der Waals surface area contributed by atoms with E-state index in [1.165, 1.54) is 0 Å². The van der Waals surface area contributed by atoms with Crippen molar-refractivity contribution >= 4 is 5.91 Å². The second-order valence-corrected chi connectivity index (χ2v) is 6.49. The molecule has 0 bridgehead atoms. The highest BCUT2D eigenvalue weighted by atomic mass is 16.5. The number of aliphatic hydroxyl groups is 1. The van der Waals surface area contributed by atoms with Crippen molar-refractivity contribution in [3.8, 4) is 0 Å². The number of furan rings is 1. The Morgan fingerprint density at radius 1 is 1.39 bits per heavy atom. The van der Waals surface area contributed by atoms with Crippen LogP contribution >= 0.6 is 0 Å². The molecule has 6 nitrogen and oxygen atoms in total. The van der Waals surface area contributed by atoms with Gasteiger partial charge in [0.15, 0.2) is 0 Å². The number of aliphatic hydroxyl groups excluding tert-OH is 1.